The van der Waals surface area contributed by atoms with E-state index in [1.807, 2.05) is 0 Å². The highest BCUT2D eigenvalue weighted by molar-refractivity contribution is 6.07. The highest BCUT2D eigenvalue weighted by atomic mass is 19.4. The van der Waals surface area contributed by atoms with Gasteiger partial charge in [0, 0.05) is 12.8 Å². The van der Waals surface area contributed by atoms with Gasteiger partial charge in [0.1, 0.15) is 29.4 Å². The third-order valence-electron chi connectivity index (χ3n) is 4.49. The van der Waals surface area contributed by atoms with Gasteiger partial charge in [-0.25, -0.2) is 4.68 Å². The van der Waals surface area contributed by atoms with Crippen LogP contribution in [0.15, 0.2) is 48.7 Å². The lowest BCUT2D eigenvalue weighted by Crippen LogP contribution is -2.15. The molecule has 3 rings (SSSR count). The first kappa shape index (κ1) is 22.2. The number of amides is 1. The lowest BCUT2D eigenvalue weighted by atomic mass is 10.1. The zero-order chi connectivity index (χ0) is 22.6. The van der Waals surface area contributed by atoms with Gasteiger partial charge in [0.2, 0.25) is 0 Å². The number of nitrogen functional groups attached to an aromatic ring is 1. The number of carbonyl (C=O) groups is 1. The van der Waals surface area contributed by atoms with Crippen LogP contribution in [-0.2, 0) is 10.9 Å². The molecule has 2 aromatic carbocycles. The molecule has 0 atom stereocenters. The molecule has 1 heterocycles. The third kappa shape index (κ3) is 4.97. The summed E-state index contributed by atoms with van der Waals surface area (Å²) in [6.07, 6.45) is -3.17. The van der Waals surface area contributed by atoms with E-state index in [1.54, 1.807) is 31.4 Å². The Hall–Kier alpha value is -3.53. The molecule has 3 aromatic rings. The molecule has 3 N–H and O–H groups in total. The van der Waals surface area contributed by atoms with Crippen molar-refractivity contribution in [2.75, 3.05) is 31.4 Å². The number of hydrogen-bond acceptors (Lipinski definition) is 5. The lowest BCUT2D eigenvalue weighted by molar-refractivity contribution is -0.137. The van der Waals surface area contributed by atoms with Crippen LogP contribution >= 0.6 is 0 Å². The molecule has 10 heteroatoms. The van der Waals surface area contributed by atoms with E-state index in [9.17, 15) is 18.0 Å². The van der Waals surface area contributed by atoms with Gasteiger partial charge < -0.3 is 20.5 Å². The van der Waals surface area contributed by atoms with Crippen molar-refractivity contribution in [1.82, 2.24) is 9.78 Å². The van der Waals surface area contributed by atoms with Crippen LogP contribution in [-0.4, -0.2) is 36.0 Å². The van der Waals surface area contributed by atoms with Gasteiger partial charge in [-0.15, -0.1) is 0 Å². The zero-order valence-electron chi connectivity index (χ0n) is 16.9. The summed E-state index contributed by atoms with van der Waals surface area (Å²) in [6.45, 7) is 2.18. The largest absolute Gasteiger partial charge is 0.489 e. The minimum Gasteiger partial charge on any atom is -0.489 e. The number of benzene rings is 2. The standard InChI is InChI=1S/C21H21F3N4O3/c1-13-11-14(21(22,23)24)7-8-16(13)27-20(29)15-12-26-28(19(15)25)17-5-3-4-6-18(17)31-10-9-30-2/h3-8,11-12H,9-10,25H2,1-2H3,(H,27,29). The van der Waals surface area contributed by atoms with Crippen LogP contribution < -0.4 is 15.8 Å². The molecule has 1 aromatic heterocycles. The number of halogens is 3. The third-order valence-corrected chi connectivity index (χ3v) is 4.49. The van der Waals surface area contributed by atoms with Gasteiger partial charge in [0.15, 0.2) is 0 Å². The molecule has 0 aliphatic rings. The van der Waals surface area contributed by atoms with E-state index in [4.69, 9.17) is 15.2 Å². The highest BCUT2D eigenvalue weighted by Crippen LogP contribution is 2.32. The quantitative estimate of drug-likeness (QED) is 0.548. The number of nitrogens with two attached hydrogens (primary N) is 1. The van der Waals surface area contributed by atoms with Gasteiger partial charge >= 0.3 is 6.18 Å². The van der Waals surface area contributed by atoms with Gasteiger partial charge in [0.05, 0.1) is 18.4 Å². The van der Waals surface area contributed by atoms with Gasteiger partial charge in [-0.2, -0.15) is 18.3 Å². The first-order valence-electron chi connectivity index (χ1n) is 9.26. The Balaban J connectivity index is 1.83. The maximum atomic E-state index is 12.8. The maximum absolute atomic E-state index is 12.8. The maximum Gasteiger partial charge on any atom is 0.416 e. The van der Waals surface area contributed by atoms with Crippen molar-refractivity contribution in [2.45, 2.75) is 13.1 Å². The number of nitrogens with zero attached hydrogens (tertiary/aromatic N) is 2. The molecule has 0 fully saturated rings. The minimum absolute atomic E-state index is 0.0601. The molecule has 31 heavy (non-hydrogen) atoms. The van der Waals surface area contributed by atoms with E-state index in [1.165, 1.54) is 23.9 Å². The molecule has 164 valence electrons. The average molecular weight is 434 g/mol. The molecule has 0 aliphatic carbocycles. The number of hydrogen-bond donors (Lipinski definition) is 2. The molecule has 1 amide bonds. The predicted octanol–water partition coefficient (Wildman–Crippen LogP) is 4.06. The normalized spacial score (nSPS) is 11.4. The number of rotatable bonds is 7. The zero-order valence-corrected chi connectivity index (χ0v) is 16.9. The van der Waals surface area contributed by atoms with Crippen LogP contribution in [0.4, 0.5) is 24.7 Å². The Morgan fingerprint density at radius 3 is 2.61 bits per heavy atom. The molecule has 7 nitrogen and oxygen atoms in total. The van der Waals surface area contributed by atoms with Gasteiger partial charge in [-0.05, 0) is 42.8 Å². The second-order valence-electron chi connectivity index (χ2n) is 6.65. The summed E-state index contributed by atoms with van der Waals surface area (Å²) < 4.78 is 50.5. The fraction of sp³-hybridized carbons (Fsp3) is 0.238. The number of para-hydroxylation sites is 2. The second kappa shape index (κ2) is 9.09. The van der Waals surface area contributed by atoms with E-state index in [0.29, 0.717) is 24.7 Å². The molecule has 0 bridgehead atoms. The molecule has 0 spiro atoms. The van der Waals surface area contributed by atoms with E-state index >= 15 is 0 Å². The van der Waals surface area contributed by atoms with Crippen molar-refractivity contribution in [2.24, 2.45) is 0 Å². The van der Waals surface area contributed by atoms with E-state index in [2.05, 4.69) is 10.4 Å². The number of aromatic nitrogens is 2. The number of methoxy groups -OCH3 is 1. The van der Waals surface area contributed by atoms with Crippen molar-refractivity contribution < 1.29 is 27.4 Å². The minimum atomic E-state index is -4.46. The van der Waals surface area contributed by atoms with Gasteiger partial charge in [-0.1, -0.05) is 12.1 Å². The molecule has 0 radical (unpaired) electrons. The summed E-state index contributed by atoms with van der Waals surface area (Å²) in [5, 5.41) is 6.76. The molecule has 0 saturated heterocycles. The number of carbonyl (C=O) groups excluding carboxylic acids is 1. The fourth-order valence-electron chi connectivity index (χ4n) is 2.88. The Bertz CT molecular complexity index is 1080. The first-order valence-corrected chi connectivity index (χ1v) is 9.26. The van der Waals surface area contributed by atoms with Crippen molar-refractivity contribution in [3.8, 4) is 11.4 Å². The Morgan fingerprint density at radius 1 is 1.19 bits per heavy atom. The molecule has 0 saturated carbocycles. The van der Waals surface area contributed by atoms with E-state index < -0.39 is 17.6 Å². The van der Waals surface area contributed by atoms with Gasteiger partial charge in [0.25, 0.3) is 5.91 Å². The van der Waals surface area contributed by atoms with Crippen LogP contribution in [0.3, 0.4) is 0 Å². The topological polar surface area (TPSA) is 91.4 Å². The van der Waals surface area contributed by atoms with E-state index in [0.717, 1.165) is 12.1 Å². The summed E-state index contributed by atoms with van der Waals surface area (Å²) >= 11 is 0. The van der Waals surface area contributed by atoms with Crippen LogP contribution in [0.2, 0.25) is 0 Å². The van der Waals surface area contributed by atoms with Gasteiger partial charge in [-0.3, -0.25) is 4.79 Å². The lowest BCUT2D eigenvalue weighted by Gasteiger charge is -2.13. The Kier molecular flexibility index (Phi) is 6.50. The van der Waals surface area contributed by atoms with Crippen LogP contribution in [0.25, 0.3) is 5.69 Å². The van der Waals surface area contributed by atoms with Crippen LogP contribution in [0.1, 0.15) is 21.5 Å². The van der Waals surface area contributed by atoms with Crippen molar-refractivity contribution in [3.63, 3.8) is 0 Å². The summed E-state index contributed by atoms with van der Waals surface area (Å²) in [6, 6.07) is 10.1. The number of alkyl halides is 3. The predicted molar refractivity (Wildman–Crippen MR) is 109 cm³/mol. The molecule has 0 unspecified atom stereocenters. The Morgan fingerprint density at radius 2 is 1.94 bits per heavy atom. The summed E-state index contributed by atoms with van der Waals surface area (Å²) in [5.41, 5.74) is 6.47. The average Bonchev–Trinajstić information content (AvgIpc) is 3.10. The SMILES string of the molecule is COCCOc1ccccc1-n1ncc(C(=O)Nc2ccc(C(F)(F)F)cc2C)c1N. The smallest absolute Gasteiger partial charge is 0.416 e. The fourth-order valence-corrected chi connectivity index (χ4v) is 2.88. The second-order valence-corrected chi connectivity index (χ2v) is 6.65. The summed E-state index contributed by atoms with van der Waals surface area (Å²) in [4.78, 5) is 12.7. The van der Waals surface area contributed by atoms with E-state index in [-0.39, 0.29) is 22.6 Å². The molecule has 0 aliphatic heterocycles. The number of ether oxygens (including phenoxy) is 2. The van der Waals surface area contributed by atoms with Crippen LogP contribution in [0.5, 0.6) is 5.75 Å². The number of aryl methyl sites for hydroxylation is 1. The first-order chi connectivity index (χ1) is 14.7. The monoisotopic (exact) mass is 434 g/mol. The summed E-state index contributed by atoms with van der Waals surface area (Å²) in [5.74, 6) is -0.0332. The van der Waals surface area contributed by atoms with Crippen molar-refractivity contribution in [3.05, 3.63) is 65.4 Å². The molecular weight excluding hydrogens is 413 g/mol. The Labute approximate surface area is 176 Å². The van der Waals surface area contributed by atoms with Crippen LogP contribution in [0, 0.1) is 6.92 Å². The van der Waals surface area contributed by atoms with Crippen molar-refractivity contribution in [1.29, 1.82) is 0 Å². The number of nitrogens with one attached hydrogen (secondary N) is 1. The molecular formula is C21H21F3N4O3. The highest BCUT2D eigenvalue weighted by Gasteiger charge is 2.30. The summed E-state index contributed by atoms with van der Waals surface area (Å²) in [7, 11) is 1.56. The number of anilines is 2. The van der Waals surface area contributed by atoms with Crippen molar-refractivity contribution >= 4 is 17.4 Å².